The van der Waals surface area contributed by atoms with Gasteiger partial charge in [-0.3, -0.25) is 0 Å². The molecule has 0 saturated carbocycles. The van der Waals surface area contributed by atoms with Crippen LogP contribution in [0, 0.1) is 0 Å². The van der Waals surface area contributed by atoms with Crippen molar-refractivity contribution in [2.24, 2.45) is 15.0 Å². The minimum absolute atomic E-state index is 0.135. The van der Waals surface area contributed by atoms with Crippen LogP contribution in [-0.2, 0) is 24.7 Å². The van der Waals surface area contributed by atoms with E-state index in [0.29, 0.717) is 12.1 Å². The average molecular weight is 596 g/mol. The summed E-state index contributed by atoms with van der Waals surface area (Å²) in [5.41, 5.74) is -8.27. The van der Waals surface area contributed by atoms with Gasteiger partial charge >= 0.3 is 24.7 Å². The molecule has 16 heteroatoms. The largest absolute Gasteiger partial charge is 0.416 e. The number of aliphatic imine (C=N–C) groups is 3. The molecule has 0 aliphatic carbocycles. The quantitative estimate of drug-likeness (QED) is 0.302. The Labute approximate surface area is 221 Å². The summed E-state index contributed by atoms with van der Waals surface area (Å²) in [6, 6.07) is 8.37. The lowest BCUT2D eigenvalue weighted by Gasteiger charge is -2.15. The van der Waals surface area contributed by atoms with Gasteiger partial charge in [-0.05, 0) is 36.4 Å². The van der Waals surface area contributed by atoms with Crippen molar-refractivity contribution >= 4 is 28.9 Å². The van der Waals surface area contributed by atoms with Crippen molar-refractivity contribution in [2.45, 2.75) is 24.7 Å². The number of hydrogen-bond acceptors (Lipinski definition) is 3. The Morgan fingerprint density at radius 3 is 1.41 bits per heavy atom. The lowest BCUT2D eigenvalue weighted by Crippen LogP contribution is -2.20. The lowest BCUT2D eigenvalue weighted by atomic mass is 10.1. The van der Waals surface area contributed by atoms with Gasteiger partial charge in [0, 0.05) is 11.3 Å². The van der Waals surface area contributed by atoms with E-state index < -0.39 is 70.0 Å². The molecule has 1 heterocycles. The second-order valence-electron chi connectivity index (χ2n) is 8.38. The number of halogens is 12. The number of hydrogen-bond donors (Lipinski definition) is 1. The smallest absolute Gasteiger partial charge is 0.337 e. The van der Waals surface area contributed by atoms with Crippen molar-refractivity contribution in [2.75, 3.05) is 5.32 Å². The van der Waals surface area contributed by atoms with Gasteiger partial charge in [-0.2, -0.15) is 52.7 Å². The van der Waals surface area contributed by atoms with Crippen LogP contribution in [0.1, 0.15) is 27.8 Å². The van der Waals surface area contributed by atoms with Gasteiger partial charge in [0.2, 0.25) is 0 Å². The lowest BCUT2D eigenvalue weighted by molar-refractivity contribution is -0.144. The van der Waals surface area contributed by atoms with Gasteiger partial charge in [0.25, 0.3) is 0 Å². The maximum Gasteiger partial charge on any atom is 0.416 e. The van der Waals surface area contributed by atoms with Crippen LogP contribution in [-0.4, -0.2) is 17.5 Å². The highest BCUT2D eigenvalue weighted by molar-refractivity contribution is 6.51. The molecule has 0 radical (unpaired) electrons. The summed E-state index contributed by atoms with van der Waals surface area (Å²) in [6.45, 7) is 0. The molecule has 0 spiro atoms. The van der Waals surface area contributed by atoms with Crippen molar-refractivity contribution < 1.29 is 52.7 Å². The number of benzene rings is 3. The fraction of sp³-hybridized carbons (Fsp3) is 0.160. The van der Waals surface area contributed by atoms with Crippen LogP contribution < -0.4 is 5.32 Å². The Morgan fingerprint density at radius 2 is 0.976 bits per heavy atom. The van der Waals surface area contributed by atoms with Gasteiger partial charge in [0.1, 0.15) is 0 Å². The molecule has 3 aromatic rings. The van der Waals surface area contributed by atoms with Crippen molar-refractivity contribution in [3.8, 4) is 0 Å². The third-order valence-electron chi connectivity index (χ3n) is 5.33. The number of nitrogens with zero attached hydrogens (tertiary/aromatic N) is 3. The zero-order valence-corrected chi connectivity index (χ0v) is 19.7. The van der Waals surface area contributed by atoms with Crippen molar-refractivity contribution in [1.82, 2.24) is 0 Å². The number of amidine groups is 3. The van der Waals surface area contributed by atoms with Gasteiger partial charge in [0.05, 0.1) is 27.9 Å². The SMILES string of the molecule is FC(F)(F)c1cc(N=C2N=C(c3ccccc3)N=C2Nc2cc(C(F)(F)F)cc(C(F)(F)F)c2)cc(C(F)(F)F)c1. The highest BCUT2D eigenvalue weighted by Crippen LogP contribution is 2.39. The second-order valence-corrected chi connectivity index (χ2v) is 8.38. The Hall–Kier alpha value is -4.37. The molecule has 1 N–H and O–H groups in total. The first-order valence-corrected chi connectivity index (χ1v) is 11.0. The summed E-state index contributed by atoms with van der Waals surface area (Å²) >= 11 is 0. The van der Waals surface area contributed by atoms with E-state index in [2.05, 4.69) is 20.3 Å². The first kappa shape index (κ1) is 29.6. The van der Waals surface area contributed by atoms with E-state index in [1.165, 1.54) is 24.3 Å². The number of anilines is 1. The predicted molar refractivity (Wildman–Crippen MR) is 124 cm³/mol. The van der Waals surface area contributed by atoms with Gasteiger partial charge in [0.15, 0.2) is 17.5 Å². The molecule has 3 aromatic carbocycles. The third kappa shape index (κ3) is 7.05. The molecule has 4 nitrogen and oxygen atoms in total. The Morgan fingerprint density at radius 1 is 0.537 bits per heavy atom. The highest BCUT2D eigenvalue weighted by Gasteiger charge is 2.38. The molecular formula is C25H12F12N4. The van der Waals surface area contributed by atoms with Crippen LogP contribution in [0.3, 0.4) is 0 Å². The monoisotopic (exact) mass is 596 g/mol. The summed E-state index contributed by atoms with van der Waals surface area (Å²) < 4.78 is 160. The van der Waals surface area contributed by atoms with Crippen molar-refractivity contribution in [1.29, 1.82) is 0 Å². The van der Waals surface area contributed by atoms with E-state index in [0.717, 1.165) is 0 Å². The second kappa shape index (κ2) is 10.2. The molecule has 41 heavy (non-hydrogen) atoms. The molecule has 0 bridgehead atoms. The number of nitrogens with one attached hydrogen (secondary N) is 1. The zero-order valence-electron chi connectivity index (χ0n) is 19.7. The molecule has 0 fully saturated rings. The predicted octanol–water partition coefficient (Wildman–Crippen LogP) is 8.76. The van der Waals surface area contributed by atoms with E-state index in [1.807, 2.05) is 0 Å². The first-order chi connectivity index (χ1) is 18.8. The first-order valence-electron chi connectivity index (χ1n) is 11.0. The summed E-state index contributed by atoms with van der Waals surface area (Å²) in [4.78, 5) is 11.6. The van der Waals surface area contributed by atoms with Crippen LogP contribution >= 0.6 is 0 Å². The third-order valence-corrected chi connectivity index (χ3v) is 5.33. The zero-order chi connectivity index (χ0) is 30.4. The molecule has 0 aromatic heterocycles. The highest BCUT2D eigenvalue weighted by atomic mass is 19.4. The summed E-state index contributed by atoms with van der Waals surface area (Å²) in [5.74, 6) is -1.57. The van der Waals surface area contributed by atoms with E-state index in [4.69, 9.17) is 0 Å². The number of rotatable bonds is 3. The molecule has 0 unspecified atom stereocenters. The van der Waals surface area contributed by atoms with Crippen LogP contribution in [0.4, 0.5) is 64.1 Å². The maximum atomic E-state index is 13.3. The Bertz CT molecular complexity index is 1480. The summed E-state index contributed by atoms with van der Waals surface area (Å²) in [5, 5.41) is 2.19. The molecule has 216 valence electrons. The van der Waals surface area contributed by atoms with Gasteiger partial charge in [-0.1, -0.05) is 30.3 Å². The Kier molecular flexibility index (Phi) is 7.39. The normalized spacial score (nSPS) is 15.7. The standard InChI is InChI=1S/C25H12F12N4/c26-22(27,28)13-6-14(23(29,30)31)9-17(8-13)38-20-21(41-19(40-20)12-4-2-1-3-5-12)39-18-10-15(24(32,33)34)7-16(11-18)25(35,36)37/h1-11H,(H,38,39,40,41). The maximum absolute atomic E-state index is 13.3. The fourth-order valence-electron chi connectivity index (χ4n) is 3.50. The molecule has 1 aliphatic heterocycles. The fourth-order valence-corrected chi connectivity index (χ4v) is 3.50. The van der Waals surface area contributed by atoms with E-state index >= 15 is 0 Å². The summed E-state index contributed by atoms with van der Waals surface area (Å²) in [7, 11) is 0. The van der Waals surface area contributed by atoms with E-state index in [9.17, 15) is 52.7 Å². The molecule has 4 rings (SSSR count). The van der Waals surface area contributed by atoms with E-state index in [-0.39, 0.29) is 35.7 Å². The molecule has 1 aliphatic rings. The van der Waals surface area contributed by atoms with Gasteiger partial charge in [-0.25, -0.2) is 15.0 Å². The van der Waals surface area contributed by atoms with Crippen molar-refractivity contribution in [3.05, 3.63) is 94.5 Å². The molecule has 0 atom stereocenters. The molecule has 0 saturated heterocycles. The molecular weight excluding hydrogens is 584 g/mol. The average Bonchev–Trinajstić information content (AvgIpc) is 3.24. The minimum atomic E-state index is -5.22. The van der Waals surface area contributed by atoms with E-state index in [1.54, 1.807) is 6.07 Å². The molecule has 0 amide bonds. The van der Waals surface area contributed by atoms with Gasteiger partial charge < -0.3 is 5.32 Å². The van der Waals surface area contributed by atoms with Gasteiger partial charge in [-0.15, -0.1) is 0 Å². The Balaban J connectivity index is 1.86. The minimum Gasteiger partial charge on any atom is -0.337 e. The van der Waals surface area contributed by atoms with Crippen LogP contribution in [0.15, 0.2) is 81.7 Å². The van der Waals surface area contributed by atoms with Crippen LogP contribution in [0.2, 0.25) is 0 Å². The van der Waals surface area contributed by atoms with Crippen molar-refractivity contribution in [3.63, 3.8) is 0 Å². The van der Waals surface area contributed by atoms with Crippen LogP contribution in [0.5, 0.6) is 0 Å². The number of alkyl halides is 12. The summed E-state index contributed by atoms with van der Waals surface area (Å²) in [6.07, 6.45) is -20.8. The van der Waals surface area contributed by atoms with Crippen LogP contribution in [0.25, 0.3) is 0 Å². The topological polar surface area (TPSA) is 49.1 Å².